The number of benzene rings is 2. The third-order valence-electron chi connectivity index (χ3n) is 3.97. The van der Waals surface area contributed by atoms with Gasteiger partial charge < -0.3 is 4.74 Å². The van der Waals surface area contributed by atoms with E-state index >= 15 is 0 Å². The highest BCUT2D eigenvalue weighted by Crippen LogP contribution is 2.51. The van der Waals surface area contributed by atoms with E-state index in [0.717, 1.165) is 27.8 Å². The highest BCUT2D eigenvalue weighted by atomic mass is 16.6. The third-order valence-corrected chi connectivity index (χ3v) is 3.97. The van der Waals surface area contributed by atoms with Gasteiger partial charge in [0.25, 0.3) is 0 Å². The van der Waals surface area contributed by atoms with Gasteiger partial charge in [0.1, 0.15) is 5.60 Å². The van der Waals surface area contributed by atoms with Gasteiger partial charge in [-0.1, -0.05) is 42.5 Å². The second-order valence-corrected chi connectivity index (χ2v) is 4.99. The van der Waals surface area contributed by atoms with Gasteiger partial charge in [-0.2, -0.15) is 0 Å². The fourth-order valence-electron chi connectivity index (χ4n) is 3.00. The zero-order valence-corrected chi connectivity index (χ0v) is 10.1. The number of rotatable bonds is 0. The summed E-state index contributed by atoms with van der Waals surface area (Å²) in [6.45, 7) is 2.66. The summed E-state index contributed by atoms with van der Waals surface area (Å²) in [5.74, 6) is 0.125. The minimum Gasteiger partial charge on any atom is -0.359 e. The quantitative estimate of drug-likeness (QED) is 0.658. The number of carbonyl (C=O) groups excluding carboxylic acids is 1. The van der Waals surface area contributed by atoms with Crippen LogP contribution in [-0.4, -0.2) is 12.4 Å². The van der Waals surface area contributed by atoms with Gasteiger partial charge >= 0.3 is 0 Å². The summed E-state index contributed by atoms with van der Waals surface area (Å²) < 4.78 is 5.74. The highest BCUT2D eigenvalue weighted by molar-refractivity contribution is 6.14. The third kappa shape index (κ3) is 1.04. The van der Waals surface area contributed by atoms with Crippen LogP contribution < -0.4 is 0 Å². The van der Waals surface area contributed by atoms with Crippen molar-refractivity contribution in [1.29, 1.82) is 0 Å². The Hall–Kier alpha value is -1.93. The SMILES string of the molecule is Cc1cccc2c1C(=O)c1ccccc1C21CO1. The fraction of sp³-hybridized carbons (Fsp3) is 0.188. The van der Waals surface area contributed by atoms with Crippen LogP contribution >= 0.6 is 0 Å². The van der Waals surface area contributed by atoms with Crippen LogP contribution in [0.5, 0.6) is 0 Å². The molecule has 1 aliphatic carbocycles. The van der Waals surface area contributed by atoms with Gasteiger partial charge in [0.05, 0.1) is 6.61 Å². The molecule has 2 heteroatoms. The number of hydrogen-bond donors (Lipinski definition) is 0. The molecule has 4 rings (SSSR count). The number of hydrogen-bond acceptors (Lipinski definition) is 2. The van der Waals surface area contributed by atoms with E-state index in [9.17, 15) is 4.79 Å². The molecule has 0 saturated carbocycles. The monoisotopic (exact) mass is 236 g/mol. The summed E-state index contributed by atoms with van der Waals surface area (Å²) in [6.07, 6.45) is 0. The summed E-state index contributed by atoms with van der Waals surface area (Å²) >= 11 is 0. The maximum absolute atomic E-state index is 12.6. The second-order valence-electron chi connectivity index (χ2n) is 4.99. The van der Waals surface area contributed by atoms with E-state index in [1.807, 2.05) is 49.4 Å². The molecule has 1 heterocycles. The van der Waals surface area contributed by atoms with Crippen molar-refractivity contribution in [2.75, 3.05) is 6.61 Å². The Morgan fingerprint density at radius 2 is 1.78 bits per heavy atom. The molecule has 0 aromatic heterocycles. The standard InChI is InChI=1S/C16H12O2/c1-10-5-4-8-13-14(10)15(17)11-6-2-3-7-12(11)16(13)9-18-16/h2-8H,9H2,1H3. The topological polar surface area (TPSA) is 29.6 Å². The first-order valence-corrected chi connectivity index (χ1v) is 6.12. The molecule has 88 valence electrons. The molecular formula is C16H12O2. The van der Waals surface area contributed by atoms with E-state index in [-0.39, 0.29) is 11.4 Å². The van der Waals surface area contributed by atoms with Crippen molar-refractivity contribution in [3.05, 3.63) is 70.3 Å². The summed E-state index contributed by atoms with van der Waals surface area (Å²) in [4.78, 5) is 12.6. The molecule has 18 heavy (non-hydrogen) atoms. The van der Waals surface area contributed by atoms with Gasteiger partial charge in [0, 0.05) is 22.3 Å². The zero-order chi connectivity index (χ0) is 12.3. The van der Waals surface area contributed by atoms with Crippen LogP contribution in [0.3, 0.4) is 0 Å². The Balaban J connectivity index is 2.11. The minimum atomic E-state index is -0.355. The second kappa shape index (κ2) is 3.09. The van der Waals surface area contributed by atoms with Crippen molar-refractivity contribution in [3.63, 3.8) is 0 Å². The van der Waals surface area contributed by atoms with Crippen LogP contribution in [0.25, 0.3) is 0 Å². The number of carbonyl (C=O) groups is 1. The number of epoxide rings is 1. The predicted octanol–water partition coefficient (Wildman–Crippen LogP) is 2.81. The van der Waals surface area contributed by atoms with Gasteiger partial charge in [0.15, 0.2) is 5.78 Å². The highest BCUT2D eigenvalue weighted by Gasteiger charge is 2.54. The van der Waals surface area contributed by atoms with Crippen molar-refractivity contribution in [2.24, 2.45) is 0 Å². The molecule has 2 aromatic carbocycles. The minimum absolute atomic E-state index is 0.125. The van der Waals surface area contributed by atoms with E-state index in [4.69, 9.17) is 4.74 Å². The predicted molar refractivity (Wildman–Crippen MR) is 67.8 cm³/mol. The van der Waals surface area contributed by atoms with Crippen LogP contribution in [0.2, 0.25) is 0 Å². The van der Waals surface area contributed by atoms with Gasteiger partial charge in [-0.25, -0.2) is 0 Å². The van der Waals surface area contributed by atoms with Crippen molar-refractivity contribution < 1.29 is 9.53 Å². The average molecular weight is 236 g/mol. The molecule has 2 aliphatic rings. The lowest BCUT2D eigenvalue weighted by Crippen LogP contribution is -2.26. The number of fused-ring (bicyclic) bond motifs is 4. The number of aryl methyl sites for hydroxylation is 1. The summed E-state index contributed by atoms with van der Waals surface area (Å²) in [6, 6.07) is 13.8. The van der Waals surface area contributed by atoms with Gasteiger partial charge in [0.2, 0.25) is 0 Å². The lowest BCUT2D eigenvalue weighted by molar-refractivity contribution is 0.102. The first-order valence-electron chi connectivity index (χ1n) is 6.12. The van der Waals surface area contributed by atoms with E-state index in [2.05, 4.69) is 0 Å². The van der Waals surface area contributed by atoms with E-state index in [1.54, 1.807) is 0 Å². The maximum atomic E-state index is 12.6. The Kier molecular flexibility index (Phi) is 1.72. The number of ether oxygens (including phenoxy) is 1. The Morgan fingerprint density at radius 3 is 2.56 bits per heavy atom. The Bertz CT molecular complexity index is 681. The van der Waals surface area contributed by atoms with Crippen LogP contribution in [0.1, 0.15) is 32.6 Å². The van der Waals surface area contributed by atoms with Crippen LogP contribution in [0, 0.1) is 6.92 Å². The molecule has 0 radical (unpaired) electrons. The van der Waals surface area contributed by atoms with Crippen LogP contribution in [0.4, 0.5) is 0 Å². The lowest BCUT2D eigenvalue weighted by Gasteiger charge is -2.25. The summed E-state index contributed by atoms with van der Waals surface area (Å²) in [7, 11) is 0. The van der Waals surface area contributed by atoms with Crippen LogP contribution in [0.15, 0.2) is 42.5 Å². The van der Waals surface area contributed by atoms with Crippen molar-refractivity contribution in [3.8, 4) is 0 Å². The normalized spacial score (nSPS) is 23.7. The molecule has 1 spiro atoms. The lowest BCUT2D eigenvalue weighted by atomic mass is 9.76. The molecule has 1 unspecified atom stereocenters. The molecule has 0 amide bonds. The molecule has 2 nitrogen and oxygen atoms in total. The fourth-order valence-corrected chi connectivity index (χ4v) is 3.00. The smallest absolute Gasteiger partial charge is 0.194 e. The molecule has 0 bridgehead atoms. The van der Waals surface area contributed by atoms with Crippen molar-refractivity contribution in [1.82, 2.24) is 0 Å². The maximum Gasteiger partial charge on any atom is 0.194 e. The summed E-state index contributed by atoms with van der Waals surface area (Å²) in [5, 5.41) is 0. The van der Waals surface area contributed by atoms with Crippen LogP contribution in [-0.2, 0) is 10.3 Å². The van der Waals surface area contributed by atoms with Gasteiger partial charge in [-0.15, -0.1) is 0 Å². The van der Waals surface area contributed by atoms with Gasteiger partial charge in [-0.05, 0) is 12.5 Å². The van der Waals surface area contributed by atoms with Crippen molar-refractivity contribution >= 4 is 5.78 Å². The Labute approximate surface area is 105 Å². The molecule has 1 saturated heterocycles. The van der Waals surface area contributed by atoms with Gasteiger partial charge in [-0.3, -0.25) is 4.79 Å². The molecule has 1 atom stereocenters. The van der Waals surface area contributed by atoms with E-state index in [0.29, 0.717) is 6.61 Å². The largest absolute Gasteiger partial charge is 0.359 e. The molecule has 0 N–H and O–H groups in total. The van der Waals surface area contributed by atoms with Crippen molar-refractivity contribution in [2.45, 2.75) is 12.5 Å². The first kappa shape index (κ1) is 10.0. The van der Waals surface area contributed by atoms with E-state index in [1.165, 1.54) is 0 Å². The first-order chi connectivity index (χ1) is 8.74. The molecular weight excluding hydrogens is 224 g/mol. The average Bonchev–Trinajstić information content (AvgIpc) is 3.18. The zero-order valence-electron chi connectivity index (χ0n) is 10.1. The Morgan fingerprint density at radius 1 is 1.06 bits per heavy atom. The number of ketones is 1. The molecule has 2 aromatic rings. The molecule has 1 aliphatic heterocycles. The van der Waals surface area contributed by atoms with E-state index < -0.39 is 0 Å². The summed E-state index contributed by atoms with van der Waals surface area (Å²) in [5.41, 5.74) is 4.35. The molecule has 1 fully saturated rings.